The van der Waals surface area contributed by atoms with Gasteiger partial charge in [-0.2, -0.15) is 0 Å². The van der Waals surface area contributed by atoms with Gasteiger partial charge in [0.1, 0.15) is 5.82 Å². The maximum absolute atomic E-state index is 11.4. The Balaban J connectivity index is 1.99. The van der Waals surface area contributed by atoms with Gasteiger partial charge in [0.2, 0.25) is 5.56 Å². The number of fused-ring (bicyclic) bond motifs is 2. The molecule has 108 valence electrons. The third-order valence-electron chi connectivity index (χ3n) is 3.70. The molecule has 4 nitrogen and oxygen atoms in total. The van der Waals surface area contributed by atoms with Crippen LogP contribution in [-0.4, -0.2) is 21.2 Å². The van der Waals surface area contributed by atoms with Gasteiger partial charge in [0.05, 0.1) is 5.52 Å². The number of nitrogens with one attached hydrogen (secondary N) is 2. The molecule has 22 heavy (non-hydrogen) atoms. The van der Waals surface area contributed by atoms with Crippen molar-refractivity contribution >= 4 is 33.7 Å². The second-order valence-corrected chi connectivity index (χ2v) is 5.92. The number of pyridine rings is 1. The molecule has 0 atom stereocenters. The fraction of sp³-hybridized carbons (Fsp3) is 0.0588. The first-order chi connectivity index (χ1) is 10.7. The molecule has 2 aromatic heterocycles. The summed E-state index contributed by atoms with van der Waals surface area (Å²) < 4.78 is 0. The first kappa shape index (κ1) is 13.2. The van der Waals surface area contributed by atoms with E-state index < -0.39 is 0 Å². The summed E-state index contributed by atoms with van der Waals surface area (Å²) >= 11 is 1.69. The van der Waals surface area contributed by atoms with Crippen LogP contribution in [0.2, 0.25) is 0 Å². The van der Waals surface area contributed by atoms with Gasteiger partial charge in [-0.3, -0.25) is 4.79 Å². The fourth-order valence-electron chi connectivity index (χ4n) is 2.62. The van der Waals surface area contributed by atoms with E-state index >= 15 is 0 Å². The lowest BCUT2D eigenvalue weighted by Crippen LogP contribution is -2.01. The lowest BCUT2D eigenvalue weighted by atomic mass is 10.1. The number of hydrogen-bond donors (Lipinski definition) is 2. The molecular formula is C17H13N3OS. The second-order valence-electron chi connectivity index (χ2n) is 5.07. The van der Waals surface area contributed by atoms with Crippen LogP contribution in [0.4, 0.5) is 0 Å². The molecule has 0 fully saturated rings. The molecule has 0 aliphatic heterocycles. The molecule has 0 aliphatic carbocycles. The number of thioether (sulfide) groups is 1. The third kappa shape index (κ3) is 2.10. The highest BCUT2D eigenvalue weighted by molar-refractivity contribution is 7.98. The zero-order valence-electron chi connectivity index (χ0n) is 11.9. The molecule has 0 radical (unpaired) electrons. The Morgan fingerprint density at radius 1 is 1.00 bits per heavy atom. The number of nitrogens with zero attached hydrogens (tertiary/aromatic N) is 1. The summed E-state index contributed by atoms with van der Waals surface area (Å²) in [6, 6.07) is 15.8. The largest absolute Gasteiger partial charge is 0.337 e. The normalized spacial score (nSPS) is 11.3. The molecule has 0 bridgehead atoms. The lowest BCUT2D eigenvalue weighted by Gasteiger charge is -2.07. The maximum Gasteiger partial charge on any atom is 0.249 e. The monoisotopic (exact) mass is 307 g/mol. The summed E-state index contributed by atoms with van der Waals surface area (Å²) in [6.07, 6.45) is 2.05. The smallest absolute Gasteiger partial charge is 0.249 e. The Bertz CT molecular complexity index is 1050. The predicted octanol–water partition coefficient (Wildman–Crippen LogP) is 3.79. The van der Waals surface area contributed by atoms with Crippen molar-refractivity contribution < 1.29 is 0 Å². The molecule has 4 aromatic rings. The van der Waals surface area contributed by atoms with E-state index in [4.69, 9.17) is 0 Å². The number of benzene rings is 2. The average Bonchev–Trinajstić information content (AvgIpc) is 2.96. The van der Waals surface area contributed by atoms with E-state index in [9.17, 15) is 4.79 Å². The highest BCUT2D eigenvalue weighted by Crippen LogP contribution is 2.33. The highest BCUT2D eigenvalue weighted by Gasteiger charge is 2.11. The van der Waals surface area contributed by atoms with Crippen LogP contribution in [0.25, 0.3) is 33.3 Å². The minimum atomic E-state index is -0.144. The summed E-state index contributed by atoms with van der Waals surface area (Å²) in [5, 5.41) is 2.38. The number of hydrogen-bond acceptors (Lipinski definition) is 3. The number of aromatic amines is 2. The Kier molecular flexibility index (Phi) is 3.01. The molecule has 5 heteroatoms. The van der Waals surface area contributed by atoms with Gasteiger partial charge in [0.25, 0.3) is 0 Å². The van der Waals surface area contributed by atoms with Crippen molar-refractivity contribution in [3.8, 4) is 11.4 Å². The molecule has 2 aromatic carbocycles. The zero-order chi connectivity index (χ0) is 15.1. The van der Waals surface area contributed by atoms with Crippen molar-refractivity contribution in [2.45, 2.75) is 4.90 Å². The summed E-state index contributed by atoms with van der Waals surface area (Å²) in [4.78, 5) is 23.1. The standard InChI is InChI=1S/C17H13N3OS/c1-22-14-9-11-5-3-2-4-10(11)8-12(14)16-18-13-6-7-15(21)19-17(13)20-16/h2-9H,1H3,(H2,18,19,20,21). The van der Waals surface area contributed by atoms with E-state index in [0.29, 0.717) is 5.65 Å². The topological polar surface area (TPSA) is 61.5 Å². The minimum Gasteiger partial charge on any atom is -0.337 e. The van der Waals surface area contributed by atoms with Crippen LogP contribution in [0.15, 0.2) is 58.2 Å². The molecule has 0 unspecified atom stereocenters. The van der Waals surface area contributed by atoms with Crippen LogP contribution in [-0.2, 0) is 0 Å². The van der Waals surface area contributed by atoms with Crippen molar-refractivity contribution in [1.29, 1.82) is 0 Å². The molecule has 2 heterocycles. The van der Waals surface area contributed by atoms with Crippen molar-refractivity contribution in [2.24, 2.45) is 0 Å². The van der Waals surface area contributed by atoms with Crippen LogP contribution in [0.3, 0.4) is 0 Å². The van der Waals surface area contributed by atoms with E-state index in [1.165, 1.54) is 16.8 Å². The highest BCUT2D eigenvalue weighted by atomic mass is 32.2. The van der Waals surface area contributed by atoms with Gasteiger partial charge in [-0.1, -0.05) is 24.3 Å². The quantitative estimate of drug-likeness (QED) is 0.554. The first-order valence-electron chi connectivity index (χ1n) is 6.91. The number of H-pyrrole nitrogens is 2. The molecule has 2 N–H and O–H groups in total. The zero-order valence-corrected chi connectivity index (χ0v) is 12.7. The third-order valence-corrected chi connectivity index (χ3v) is 4.48. The van der Waals surface area contributed by atoms with E-state index in [-0.39, 0.29) is 5.56 Å². The predicted molar refractivity (Wildman–Crippen MR) is 91.4 cm³/mol. The Hall–Kier alpha value is -2.53. The van der Waals surface area contributed by atoms with E-state index in [1.807, 2.05) is 12.1 Å². The Morgan fingerprint density at radius 2 is 1.77 bits per heavy atom. The molecule has 0 saturated carbocycles. The summed E-state index contributed by atoms with van der Waals surface area (Å²) in [5.74, 6) is 0.770. The molecular weight excluding hydrogens is 294 g/mol. The SMILES string of the molecule is CSc1cc2ccccc2cc1-c1nc2[nH]c(=O)ccc2[nH]1. The Morgan fingerprint density at radius 3 is 2.55 bits per heavy atom. The van der Waals surface area contributed by atoms with Crippen LogP contribution >= 0.6 is 11.8 Å². The number of imidazole rings is 1. The molecule has 0 amide bonds. The minimum absolute atomic E-state index is 0.144. The van der Waals surface area contributed by atoms with Gasteiger partial charge in [0.15, 0.2) is 5.65 Å². The van der Waals surface area contributed by atoms with Crippen LogP contribution < -0.4 is 5.56 Å². The second kappa shape index (κ2) is 5.03. The first-order valence-corrected chi connectivity index (χ1v) is 8.13. The van der Waals surface area contributed by atoms with E-state index in [0.717, 1.165) is 21.8 Å². The van der Waals surface area contributed by atoms with Crippen molar-refractivity contribution in [2.75, 3.05) is 6.26 Å². The molecule has 0 aliphatic rings. The fourth-order valence-corrected chi connectivity index (χ4v) is 3.24. The summed E-state index contributed by atoms with van der Waals surface area (Å²) in [7, 11) is 0. The lowest BCUT2D eigenvalue weighted by molar-refractivity contribution is 1.25. The summed E-state index contributed by atoms with van der Waals surface area (Å²) in [6.45, 7) is 0. The van der Waals surface area contributed by atoms with Gasteiger partial charge < -0.3 is 9.97 Å². The van der Waals surface area contributed by atoms with Gasteiger partial charge in [-0.25, -0.2) is 4.98 Å². The maximum atomic E-state index is 11.4. The van der Waals surface area contributed by atoms with E-state index in [1.54, 1.807) is 17.8 Å². The Labute approximate surface area is 130 Å². The number of rotatable bonds is 2. The van der Waals surface area contributed by atoms with Gasteiger partial charge >= 0.3 is 0 Å². The van der Waals surface area contributed by atoms with Crippen molar-refractivity contribution in [3.63, 3.8) is 0 Å². The van der Waals surface area contributed by atoms with Gasteiger partial charge in [-0.05, 0) is 35.2 Å². The van der Waals surface area contributed by atoms with E-state index in [2.05, 4.69) is 45.5 Å². The van der Waals surface area contributed by atoms with Gasteiger partial charge in [-0.15, -0.1) is 11.8 Å². The molecule has 4 rings (SSSR count). The van der Waals surface area contributed by atoms with Crippen molar-refractivity contribution in [1.82, 2.24) is 15.0 Å². The molecule has 0 saturated heterocycles. The average molecular weight is 307 g/mol. The number of aromatic nitrogens is 3. The van der Waals surface area contributed by atoms with Crippen LogP contribution in [0.5, 0.6) is 0 Å². The molecule has 0 spiro atoms. The van der Waals surface area contributed by atoms with Crippen molar-refractivity contribution in [3.05, 3.63) is 58.9 Å². The van der Waals surface area contributed by atoms with Crippen LogP contribution in [0.1, 0.15) is 0 Å². The van der Waals surface area contributed by atoms with Crippen LogP contribution in [0, 0.1) is 0 Å². The van der Waals surface area contributed by atoms with Gasteiger partial charge in [0, 0.05) is 16.5 Å². The summed E-state index contributed by atoms with van der Waals surface area (Å²) in [5.41, 5.74) is 2.31.